The van der Waals surface area contributed by atoms with Crippen molar-refractivity contribution in [3.8, 4) is 5.82 Å². The third kappa shape index (κ3) is 3.92. The maximum Gasteiger partial charge on any atom is 0.157 e. The van der Waals surface area contributed by atoms with Gasteiger partial charge in [-0.05, 0) is 18.2 Å². The molecule has 4 N–H and O–H groups in total. The van der Waals surface area contributed by atoms with E-state index in [1.54, 1.807) is 47.7 Å². The Morgan fingerprint density at radius 1 is 1.00 bits per heavy atom. The van der Waals surface area contributed by atoms with Crippen LogP contribution in [-0.4, -0.2) is 24.7 Å². The van der Waals surface area contributed by atoms with E-state index in [9.17, 15) is 0 Å². The summed E-state index contributed by atoms with van der Waals surface area (Å²) in [5.41, 5.74) is 12.2. The Bertz CT molecular complexity index is 652. The summed E-state index contributed by atoms with van der Waals surface area (Å²) in [6, 6.07) is 6.74. The largest absolute Gasteiger partial charge is 0.399 e. The quantitative estimate of drug-likeness (QED) is 0.658. The number of anilines is 2. The number of nitrogens with zero attached hydrogens (tertiary/aromatic N) is 5. The maximum atomic E-state index is 5.56. The molecule has 0 aromatic carbocycles. The number of hydrogen-bond donors (Lipinski definition) is 2. The lowest BCUT2D eigenvalue weighted by molar-refractivity contribution is 0.846. The first-order valence-electron chi connectivity index (χ1n) is 5.59. The van der Waals surface area contributed by atoms with Gasteiger partial charge in [0, 0.05) is 29.8 Å². The average Bonchev–Trinajstić information content (AvgIpc) is 2.93. The second kappa shape index (κ2) is 6.48. The molecule has 0 spiro atoms. The number of pyridine rings is 2. The SMILES string of the molecule is Nc1ccnc(-n2cncn2)c1.Nc1ccnc(Cl)c1. The molecule has 0 aliphatic carbocycles. The van der Waals surface area contributed by atoms with Gasteiger partial charge < -0.3 is 11.5 Å². The fourth-order valence-electron chi connectivity index (χ4n) is 1.30. The summed E-state index contributed by atoms with van der Waals surface area (Å²) in [4.78, 5) is 11.6. The summed E-state index contributed by atoms with van der Waals surface area (Å²) in [7, 11) is 0. The number of nitrogen functional groups attached to an aromatic ring is 2. The van der Waals surface area contributed by atoms with E-state index >= 15 is 0 Å². The molecule has 0 aliphatic rings. The highest BCUT2D eigenvalue weighted by Gasteiger charge is 1.96. The molecule has 0 atom stereocenters. The Balaban J connectivity index is 0.000000160. The van der Waals surface area contributed by atoms with Crippen LogP contribution in [0.2, 0.25) is 5.15 Å². The summed E-state index contributed by atoms with van der Waals surface area (Å²) < 4.78 is 1.55. The molecule has 3 rings (SSSR count). The van der Waals surface area contributed by atoms with Crippen LogP contribution >= 0.6 is 11.6 Å². The van der Waals surface area contributed by atoms with Crippen LogP contribution in [0.3, 0.4) is 0 Å². The Morgan fingerprint density at radius 3 is 2.20 bits per heavy atom. The molecule has 0 saturated carbocycles. The Kier molecular flexibility index (Phi) is 4.46. The van der Waals surface area contributed by atoms with Gasteiger partial charge in [-0.2, -0.15) is 5.10 Å². The van der Waals surface area contributed by atoms with E-state index in [4.69, 9.17) is 23.1 Å². The lowest BCUT2D eigenvalue weighted by atomic mass is 10.4. The first-order chi connectivity index (χ1) is 9.65. The molecular formula is C12H12ClN7. The smallest absolute Gasteiger partial charge is 0.157 e. The number of halogens is 1. The third-order valence-electron chi connectivity index (χ3n) is 2.17. The van der Waals surface area contributed by atoms with Gasteiger partial charge in [0.15, 0.2) is 5.82 Å². The second-order valence-corrected chi connectivity index (χ2v) is 4.09. The number of nitrogens with two attached hydrogens (primary N) is 2. The van der Waals surface area contributed by atoms with Gasteiger partial charge in [0.2, 0.25) is 0 Å². The van der Waals surface area contributed by atoms with Crippen molar-refractivity contribution in [1.82, 2.24) is 24.7 Å². The van der Waals surface area contributed by atoms with Gasteiger partial charge in [0.05, 0.1) is 0 Å². The molecule has 0 unspecified atom stereocenters. The van der Waals surface area contributed by atoms with Crippen LogP contribution in [0.15, 0.2) is 49.3 Å². The summed E-state index contributed by atoms with van der Waals surface area (Å²) in [6.07, 6.45) is 6.22. The fraction of sp³-hybridized carbons (Fsp3) is 0. The Labute approximate surface area is 120 Å². The Morgan fingerprint density at radius 2 is 1.70 bits per heavy atom. The topological polar surface area (TPSA) is 109 Å². The molecule has 0 radical (unpaired) electrons. The molecule has 0 bridgehead atoms. The Hall–Kier alpha value is -2.67. The predicted molar refractivity (Wildman–Crippen MR) is 77.2 cm³/mol. The lowest BCUT2D eigenvalue weighted by Crippen LogP contribution is -1.98. The minimum Gasteiger partial charge on any atom is -0.399 e. The number of aromatic nitrogens is 5. The molecule has 102 valence electrons. The number of hydrogen-bond acceptors (Lipinski definition) is 6. The first-order valence-corrected chi connectivity index (χ1v) is 5.96. The van der Waals surface area contributed by atoms with E-state index in [1.807, 2.05) is 0 Å². The fourth-order valence-corrected chi connectivity index (χ4v) is 1.49. The monoisotopic (exact) mass is 289 g/mol. The van der Waals surface area contributed by atoms with Gasteiger partial charge in [-0.15, -0.1) is 0 Å². The van der Waals surface area contributed by atoms with Crippen molar-refractivity contribution in [1.29, 1.82) is 0 Å². The highest BCUT2D eigenvalue weighted by atomic mass is 35.5. The van der Waals surface area contributed by atoms with E-state index in [2.05, 4.69) is 20.1 Å². The highest BCUT2D eigenvalue weighted by Crippen LogP contribution is 2.07. The standard InChI is InChI=1S/C7H7N5.C5H5ClN2/c8-6-1-2-10-7(3-6)12-5-9-4-11-12;6-5-3-4(7)1-2-8-5/h1-5H,(H2,8,10);1-3H,(H2,7,8). The van der Waals surface area contributed by atoms with Crippen LogP contribution in [0.1, 0.15) is 0 Å². The summed E-state index contributed by atoms with van der Waals surface area (Å²) in [5, 5.41) is 4.35. The van der Waals surface area contributed by atoms with Crippen LogP contribution in [0.4, 0.5) is 11.4 Å². The van der Waals surface area contributed by atoms with Gasteiger partial charge in [0.1, 0.15) is 17.8 Å². The molecule has 3 aromatic rings. The van der Waals surface area contributed by atoms with E-state index in [0.717, 1.165) is 0 Å². The molecule has 7 nitrogen and oxygen atoms in total. The van der Waals surface area contributed by atoms with E-state index in [0.29, 0.717) is 22.3 Å². The molecule has 8 heteroatoms. The lowest BCUT2D eigenvalue weighted by Gasteiger charge is -1.98. The van der Waals surface area contributed by atoms with Crippen molar-refractivity contribution in [3.63, 3.8) is 0 Å². The summed E-state index contributed by atoms with van der Waals surface area (Å²) in [5.74, 6) is 0.674. The average molecular weight is 290 g/mol. The van der Waals surface area contributed by atoms with Crippen molar-refractivity contribution in [2.24, 2.45) is 0 Å². The molecule has 20 heavy (non-hydrogen) atoms. The van der Waals surface area contributed by atoms with Gasteiger partial charge in [-0.1, -0.05) is 11.6 Å². The van der Waals surface area contributed by atoms with Crippen molar-refractivity contribution < 1.29 is 0 Å². The zero-order chi connectivity index (χ0) is 14.4. The zero-order valence-corrected chi connectivity index (χ0v) is 11.1. The van der Waals surface area contributed by atoms with Gasteiger partial charge >= 0.3 is 0 Å². The minimum atomic E-state index is 0.435. The van der Waals surface area contributed by atoms with Gasteiger partial charge in [-0.3, -0.25) is 0 Å². The normalized spacial score (nSPS) is 9.65. The molecule has 3 aromatic heterocycles. The second-order valence-electron chi connectivity index (χ2n) is 3.70. The molecule has 0 fully saturated rings. The highest BCUT2D eigenvalue weighted by molar-refractivity contribution is 6.29. The van der Waals surface area contributed by atoms with Crippen molar-refractivity contribution in [2.45, 2.75) is 0 Å². The molecule has 3 heterocycles. The van der Waals surface area contributed by atoms with Crippen LogP contribution in [0, 0.1) is 0 Å². The van der Waals surface area contributed by atoms with Crippen molar-refractivity contribution in [3.05, 3.63) is 54.5 Å². The molecule has 0 saturated heterocycles. The van der Waals surface area contributed by atoms with Gasteiger partial charge in [0.25, 0.3) is 0 Å². The molecule has 0 aliphatic heterocycles. The predicted octanol–water partition coefficient (Wildman–Crippen LogP) is 1.56. The number of rotatable bonds is 1. The van der Waals surface area contributed by atoms with Crippen LogP contribution in [0.5, 0.6) is 0 Å². The van der Waals surface area contributed by atoms with Crippen LogP contribution < -0.4 is 11.5 Å². The van der Waals surface area contributed by atoms with E-state index in [1.165, 1.54) is 6.33 Å². The van der Waals surface area contributed by atoms with Crippen LogP contribution in [-0.2, 0) is 0 Å². The molecule has 0 amide bonds. The third-order valence-corrected chi connectivity index (χ3v) is 2.38. The minimum absolute atomic E-state index is 0.435. The first kappa shape index (κ1) is 13.8. The molecular weight excluding hydrogens is 278 g/mol. The van der Waals surface area contributed by atoms with Crippen molar-refractivity contribution >= 4 is 23.0 Å². The van der Waals surface area contributed by atoms with E-state index < -0.39 is 0 Å². The van der Waals surface area contributed by atoms with Crippen LogP contribution in [0.25, 0.3) is 5.82 Å². The zero-order valence-electron chi connectivity index (χ0n) is 10.4. The van der Waals surface area contributed by atoms with Gasteiger partial charge in [-0.25, -0.2) is 19.6 Å². The van der Waals surface area contributed by atoms with Crippen molar-refractivity contribution in [2.75, 3.05) is 11.5 Å². The van der Waals surface area contributed by atoms with E-state index in [-0.39, 0.29) is 0 Å². The summed E-state index contributed by atoms with van der Waals surface area (Å²) in [6.45, 7) is 0. The maximum absolute atomic E-state index is 5.56. The summed E-state index contributed by atoms with van der Waals surface area (Å²) >= 11 is 5.45.